The highest BCUT2D eigenvalue weighted by atomic mass is 31.2. The Kier molecular flexibility index (Phi) is 4.97. The zero-order chi connectivity index (χ0) is 12.3. The van der Waals surface area contributed by atoms with Gasteiger partial charge in [0.1, 0.15) is 26.2 Å². The molecule has 1 heterocycles. The summed E-state index contributed by atoms with van der Waals surface area (Å²) in [6.45, 7) is 1.45. The molecule has 2 unspecified atom stereocenters. The van der Waals surface area contributed by atoms with E-state index in [0.29, 0.717) is 6.61 Å². The lowest BCUT2D eigenvalue weighted by molar-refractivity contribution is -0.0165. The summed E-state index contributed by atoms with van der Waals surface area (Å²) < 4.78 is 32.1. The first-order chi connectivity index (χ1) is 7.39. The van der Waals surface area contributed by atoms with Crippen molar-refractivity contribution in [2.24, 2.45) is 0 Å². The Bertz CT molecular complexity index is 269. The fourth-order valence-electron chi connectivity index (χ4n) is 1.89. The number of ether oxygens (including phenoxy) is 3. The maximum atomic E-state index is 11.3. The van der Waals surface area contributed by atoms with Gasteiger partial charge >= 0.3 is 7.60 Å². The van der Waals surface area contributed by atoms with Gasteiger partial charge in [0.15, 0.2) is 0 Å². The Morgan fingerprint density at radius 2 is 2.06 bits per heavy atom. The Morgan fingerprint density at radius 1 is 1.44 bits per heavy atom. The van der Waals surface area contributed by atoms with Crippen LogP contribution in [0.2, 0.25) is 0 Å². The molecule has 1 rings (SSSR count). The molecule has 0 spiro atoms. The molecule has 0 bridgehead atoms. The largest absolute Gasteiger partial charge is 0.382 e. The maximum absolute atomic E-state index is 11.3. The quantitative estimate of drug-likeness (QED) is 0.510. The molecular weight excluding hydrogens is 234 g/mol. The smallest absolute Gasteiger partial charge is 0.325 e. The molecule has 1 aliphatic heterocycles. The average Bonchev–Trinajstić information content (AvgIpc) is 2.41. The third-order valence-electron chi connectivity index (χ3n) is 2.46. The van der Waals surface area contributed by atoms with Crippen LogP contribution in [0.4, 0.5) is 0 Å². The van der Waals surface area contributed by atoms with Gasteiger partial charge in [0.2, 0.25) is 0 Å². The second kappa shape index (κ2) is 5.62. The molecule has 0 aromatic rings. The fraction of sp³-hybridized carbons (Fsp3) is 1.00. The van der Waals surface area contributed by atoms with Gasteiger partial charge < -0.3 is 19.1 Å². The number of rotatable bonds is 5. The van der Waals surface area contributed by atoms with Crippen molar-refractivity contribution in [3.8, 4) is 0 Å². The molecule has 1 N–H and O–H groups in total. The summed E-state index contributed by atoms with van der Waals surface area (Å²) in [5.41, 5.74) is 0. The van der Waals surface area contributed by atoms with E-state index in [1.807, 2.05) is 7.85 Å². The van der Waals surface area contributed by atoms with E-state index in [-0.39, 0.29) is 18.2 Å². The molecule has 1 aliphatic rings. The molecular formula is C8H18BO6P. The summed E-state index contributed by atoms with van der Waals surface area (Å²) in [5.74, 6) is 0. The standard InChI is InChI=1S/C8H18BO6P/c1-12-4-5-6(15-16(3,10)11)7(13-2)8(9)14-5/h5-8H,4,9H2,1-3H3,(H,10,11)/t5-,6?,7+,8-/m1/s1. The third-order valence-corrected chi connectivity index (χ3v) is 3.10. The first kappa shape index (κ1) is 14.2. The van der Waals surface area contributed by atoms with Crippen molar-refractivity contribution in [3.63, 3.8) is 0 Å². The molecule has 0 amide bonds. The molecule has 16 heavy (non-hydrogen) atoms. The molecule has 6 nitrogen and oxygen atoms in total. The summed E-state index contributed by atoms with van der Waals surface area (Å²) in [7, 11) is 1.32. The highest BCUT2D eigenvalue weighted by molar-refractivity contribution is 7.51. The van der Waals surface area contributed by atoms with E-state index in [4.69, 9.17) is 18.7 Å². The van der Waals surface area contributed by atoms with Crippen LogP contribution in [-0.2, 0) is 23.3 Å². The molecule has 8 heteroatoms. The van der Waals surface area contributed by atoms with E-state index in [1.165, 1.54) is 14.2 Å². The second-order valence-electron chi connectivity index (χ2n) is 3.91. The number of methoxy groups -OCH3 is 2. The third kappa shape index (κ3) is 3.55. The van der Waals surface area contributed by atoms with Crippen LogP contribution >= 0.6 is 7.60 Å². The molecule has 0 aliphatic carbocycles. The predicted octanol–water partition coefficient (Wildman–Crippen LogP) is -0.794. The summed E-state index contributed by atoms with van der Waals surface area (Å²) in [6, 6.07) is -0.193. The van der Waals surface area contributed by atoms with E-state index in [9.17, 15) is 9.46 Å². The zero-order valence-electron chi connectivity index (χ0n) is 9.95. The Labute approximate surface area is 96.2 Å². The minimum absolute atomic E-state index is 0.193. The molecule has 1 fully saturated rings. The lowest BCUT2D eigenvalue weighted by Gasteiger charge is -2.23. The number of hydrogen-bond donors (Lipinski definition) is 1. The first-order valence-electron chi connectivity index (χ1n) is 5.05. The van der Waals surface area contributed by atoms with Gasteiger partial charge in [-0.25, -0.2) is 0 Å². The highest BCUT2D eigenvalue weighted by Crippen LogP contribution is 2.42. The van der Waals surface area contributed by atoms with Crippen LogP contribution in [0.25, 0.3) is 0 Å². The van der Waals surface area contributed by atoms with Crippen molar-refractivity contribution < 1.29 is 28.2 Å². The van der Waals surface area contributed by atoms with E-state index >= 15 is 0 Å². The Morgan fingerprint density at radius 3 is 2.50 bits per heavy atom. The van der Waals surface area contributed by atoms with Crippen molar-refractivity contribution >= 4 is 15.4 Å². The highest BCUT2D eigenvalue weighted by Gasteiger charge is 2.45. The van der Waals surface area contributed by atoms with E-state index in [2.05, 4.69) is 0 Å². The summed E-state index contributed by atoms with van der Waals surface area (Å²) >= 11 is 0. The van der Waals surface area contributed by atoms with Crippen LogP contribution in [0.5, 0.6) is 0 Å². The van der Waals surface area contributed by atoms with E-state index in [0.717, 1.165) is 6.66 Å². The van der Waals surface area contributed by atoms with Crippen LogP contribution in [0.15, 0.2) is 0 Å². The minimum Gasteiger partial charge on any atom is -0.382 e. The van der Waals surface area contributed by atoms with Gasteiger partial charge in [-0.1, -0.05) is 0 Å². The van der Waals surface area contributed by atoms with Gasteiger partial charge in [0.25, 0.3) is 0 Å². The minimum atomic E-state index is -3.57. The predicted molar refractivity (Wildman–Crippen MR) is 60.5 cm³/mol. The van der Waals surface area contributed by atoms with Gasteiger partial charge in [-0.3, -0.25) is 9.09 Å². The maximum Gasteiger partial charge on any atom is 0.325 e. The van der Waals surface area contributed by atoms with Gasteiger partial charge in [0.05, 0.1) is 12.6 Å². The van der Waals surface area contributed by atoms with E-state index in [1.54, 1.807) is 0 Å². The van der Waals surface area contributed by atoms with Crippen LogP contribution in [-0.4, -0.2) is 64.5 Å². The van der Waals surface area contributed by atoms with Crippen LogP contribution in [0.3, 0.4) is 0 Å². The monoisotopic (exact) mass is 252 g/mol. The van der Waals surface area contributed by atoms with Crippen molar-refractivity contribution in [1.82, 2.24) is 0 Å². The van der Waals surface area contributed by atoms with Crippen molar-refractivity contribution in [3.05, 3.63) is 0 Å². The lowest BCUT2D eigenvalue weighted by Crippen LogP contribution is -2.37. The topological polar surface area (TPSA) is 74.2 Å². The van der Waals surface area contributed by atoms with Crippen molar-refractivity contribution in [1.29, 1.82) is 0 Å². The molecule has 94 valence electrons. The van der Waals surface area contributed by atoms with Gasteiger partial charge in [0, 0.05) is 20.9 Å². The molecule has 0 radical (unpaired) electrons. The second-order valence-corrected chi connectivity index (χ2v) is 5.73. The van der Waals surface area contributed by atoms with Crippen molar-refractivity contribution in [2.45, 2.75) is 24.3 Å². The van der Waals surface area contributed by atoms with Gasteiger partial charge in [-0.2, -0.15) is 0 Å². The van der Waals surface area contributed by atoms with Crippen LogP contribution in [0.1, 0.15) is 0 Å². The summed E-state index contributed by atoms with van der Waals surface area (Å²) in [6.07, 6.45) is -1.33. The molecule has 5 atom stereocenters. The van der Waals surface area contributed by atoms with Crippen LogP contribution < -0.4 is 0 Å². The lowest BCUT2D eigenvalue weighted by atomic mass is 9.93. The summed E-state index contributed by atoms with van der Waals surface area (Å²) in [4.78, 5) is 9.25. The van der Waals surface area contributed by atoms with Crippen molar-refractivity contribution in [2.75, 3.05) is 27.5 Å². The SMILES string of the molecule is B[C@@H]1O[C@H](COC)C(OP(C)(=O)O)[C@@H]1OC. The van der Waals surface area contributed by atoms with Gasteiger partial charge in [-0.05, 0) is 0 Å². The van der Waals surface area contributed by atoms with E-state index < -0.39 is 13.7 Å². The summed E-state index contributed by atoms with van der Waals surface area (Å²) in [5, 5.41) is 0. The Hall–Kier alpha value is 0.0949. The average molecular weight is 252 g/mol. The van der Waals surface area contributed by atoms with Gasteiger partial charge in [-0.15, -0.1) is 0 Å². The first-order valence-corrected chi connectivity index (χ1v) is 7.07. The molecule has 0 aromatic carbocycles. The Balaban J connectivity index is 2.75. The molecule has 1 saturated heterocycles. The number of hydrogen-bond acceptors (Lipinski definition) is 5. The zero-order valence-corrected chi connectivity index (χ0v) is 10.8. The normalized spacial score (nSPS) is 38.5. The van der Waals surface area contributed by atoms with Crippen LogP contribution in [0, 0.1) is 0 Å². The fourth-order valence-corrected chi connectivity index (χ4v) is 2.59. The molecule has 0 aromatic heterocycles. The molecule has 0 saturated carbocycles.